The summed E-state index contributed by atoms with van der Waals surface area (Å²) in [5, 5.41) is 31.8. The third kappa shape index (κ3) is 2.30. The van der Waals surface area contributed by atoms with Crippen molar-refractivity contribution >= 4 is 5.91 Å². The molecule has 118 valence electrons. The maximum Gasteiger partial charge on any atom is 0.247 e. The molecule has 1 saturated carbocycles. The minimum Gasteiger partial charge on any atom is -0.390 e. The van der Waals surface area contributed by atoms with Gasteiger partial charge in [0, 0.05) is 36.0 Å². The molecule has 6 atom stereocenters. The van der Waals surface area contributed by atoms with Gasteiger partial charge < -0.3 is 25.4 Å². The van der Waals surface area contributed by atoms with Crippen LogP contribution in [0.3, 0.4) is 0 Å². The molecule has 0 aromatic rings. The molecule has 6 nitrogen and oxygen atoms in total. The van der Waals surface area contributed by atoms with Gasteiger partial charge in [0.25, 0.3) is 0 Å². The van der Waals surface area contributed by atoms with Gasteiger partial charge in [-0.05, 0) is 12.5 Å². The lowest BCUT2D eigenvalue weighted by Crippen LogP contribution is -2.67. The number of amides is 1. The summed E-state index contributed by atoms with van der Waals surface area (Å²) in [6.45, 7) is 4.89. The Kier molecular flexibility index (Phi) is 3.60. The number of carbonyl (C=O) groups excluding carboxylic acids is 1. The summed E-state index contributed by atoms with van der Waals surface area (Å²) in [6.07, 6.45) is -1.00. The first kappa shape index (κ1) is 15.0. The van der Waals surface area contributed by atoms with Crippen molar-refractivity contribution in [1.82, 2.24) is 5.32 Å². The number of fused-ring (bicyclic) bond motifs is 1. The van der Waals surface area contributed by atoms with Gasteiger partial charge in [0.1, 0.15) is 12.2 Å². The molecule has 0 aromatic carbocycles. The predicted octanol–water partition coefficient (Wildman–Crippen LogP) is -0.671. The van der Waals surface area contributed by atoms with E-state index in [0.29, 0.717) is 11.5 Å². The Labute approximate surface area is 123 Å². The van der Waals surface area contributed by atoms with Gasteiger partial charge in [-0.1, -0.05) is 13.8 Å². The molecule has 1 heterocycles. The molecule has 3 rings (SSSR count). The zero-order chi connectivity index (χ0) is 15.4. The number of ether oxygens (including phenoxy) is 1. The highest BCUT2D eigenvalue weighted by Crippen LogP contribution is 2.52. The predicted molar refractivity (Wildman–Crippen MR) is 74.3 cm³/mol. The van der Waals surface area contributed by atoms with Crippen LogP contribution < -0.4 is 5.32 Å². The fourth-order valence-corrected chi connectivity index (χ4v) is 3.97. The van der Waals surface area contributed by atoms with Crippen LogP contribution in [0.2, 0.25) is 0 Å². The van der Waals surface area contributed by atoms with Gasteiger partial charge in [0.15, 0.2) is 0 Å². The second kappa shape index (κ2) is 5.05. The standard InChI is InChI=1S/C15H23NO5/c1-15(2)12(8-3-4-21-13(8)15)16-14(20)7-5-9(17)11(19)10(18)6-7/h5,8-13,17-19H,3-4,6H2,1-2H3,(H,16,20)/t8?,9-,10-,11-,12?,13?/m1/s1. The topological polar surface area (TPSA) is 99.0 Å². The molecule has 3 unspecified atom stereocenters. The number of hydrogen-bond donors (Lipinski definition) is 4. The molecule has 21 heavy (non-hydrogen) atoms. The fourth-order valence-electron chi connectivity index (χ4n) is 3.97. The molecule has 3 aliphatic rings. The maximum absolute atomic E-state index is 12.4. The quantitative estimate of drug-likeness (QED) is 0.542. The van der Waals surface area contributed by atoms with Crippen molar-refractivity contribution < 1.29 is 24.9 Å². The van der Waals surface area contributed by atoms with E-state index in [4.69, 9.17) is 4.74 Å². The molecular weight excluding hydrogens is 274 g/mol. The van der Waals surface area contributed by atoms with Gasteiger partial charge in [-0.3, -0.25) is 4.79 Å². The zero-order valence-corrected chi connectivity index (χ0v) is 12.3. The highest BCUT2D eigenvalue weighted by Gasteiger charge is 2.59. The van der Waals surface area contributed by atoms with Crippen LogP contribution in [0, 0.1) is 11.3 Å². The minimum atomic E-state index is -1.23. The van der Waals surface area contributed by atoms with Crippen molar-refractivity contribution in [1.29, 1.82) is 0 Å². The first-order valence-corrected chi connectivity index (χ1v) is 7.49. The van der Waals surface area contributed by atoms with E-state index in [9.17, 15) is 20.1 Å². The first-order valence-electron chi connectivity index (χ1n) is 7.49. The van der Waals surface area contributed by atoms with Gasteiger partial charge in [0.05, 0.1) is 12.2 Å². The SMILES string of the molecule is CC1(C)C(NC(=O)C2=C[C@@H](O)[C@@H](O)[C@H](O)C2)C2CCOC21. The van der Waals surface area contributed by atoms with Crippen LogP contribution in [-0.4, -0.2) is 58.3 Å². The molecule has 4 N–H and O–H groups in total. The van der Waals surface area contributed by atoms with Gasteiger partial charge in [-0.25, -0.2) is 0 Å². The van der Waals surface area contributed by atoms with E-state index in [2.05, 4.69) is 19.2 Å². The van der Waals surface area contributed by atoms with E-state index in [0.717, 1.165) is 13.0 Å². The second-order valence-electron chi connectivity index (χ2n) is 6.96. The van der Waals surface area contributed by atoms with E-state index in [1.807, 2.05) is 0 Å². The Bertz CT molecular complexity index is 475. The Morgan fingerprint density at radius 2 is 2.10 bits per heavy atom. The third-order valence-corrected chi connectivity index (χ3v) is 5.22. The number of carbonyl (C=O) groups is 1. The van der Waals surface area contributed by atoms with Gasteiger partial charge in [-0.15, -0.1) is 0 Å². The second-order valence-corrected chi connectivity index (χ2v) is 6.96. The third-order valence-electron chi connectivity index (χ3n) is 5.22. The first-order chi connectivity index (χ1) is 9.82. The van der Waals surface area contributed by atoms with Crippen LogP contribution in [0.25, 0.3) is 0 Å². The van der Waals surface area contributed by atoms with Crippen molar-refractivity contribution in [3.8, 4) is 0 Å². The molecule has 1 saturated heterocycles. The molecule has 2 aliphatic carbocycles. The number of rotatable bonds is 2. The Balaban J connectivity index is 1.68. The highest BCUT2D eigenvalue weighted by atomic mass is 16.5. The zero-order valence-electron chi connectivity index (χ0n) is 12.3. The van der Waals surface area contributed by atoms with Crippen LogP contribution in [-0.2, 0) is 9.53 Å². The van der Waals surface area contributed by atoms with Crippen LogP contribution in [0.15, 0.2) is 11.6 Å². The van der Waals surface area contributed by atoms with E-state index >= 15 is 0 Å². The van der Waals surface area contributed by atoms with Crippen LogP contribution in [0.4, 0.5) is 0 Å². The summed E-state index contributed by atoms with van der Waals surface area (Å²) < 4.78 is 5.69. The van der Waals surface area contributed by atoms with E-state index in [1.165, 1.54) is 6.08 Å². The molecule has 2 fully saturated rings. The molecule has 1 amide bonds. The lowest BCUT2D eigenvalue weighted by atomic mass is 9.57. The van der Waals surface area contributed by atoms with Crippen LogP contribution >= 0.6 is 0 Å². The summed E-state index contributed by atoms with van der Waals surface area (Å²) in [5.74, 6) is 0.0667. The number of hydrogen-bond acceptors (Lipinski definition) is 5. The van der Waals surface area contributed by atoms with Crippen LogP contribution in [0.5, 0.6) is 0 Å². The van der Waals surface area contributed by atoms with E-state index < -0.39 is 18.3 Å². The summed E-state index contributed by atoms with van der Waals surface area (Å²) in [5.41, 5.74) is 0.224. The van der Waals surface area contributed by atoms with Crippen LogP contribution in [0.1, 0.15) is 26.7 Å². The number of nitrogens with one attached hydrogen (secondary N) is 1. The van der Waals surface area contributed by atoms with Gasteiger partial charge >= 0.3 is 0 Å². The summed E-state index contributed by atoms with van der Waals surface area (Å²) in [6, 6.07) is 0.0412. The van der Waals surface area contributed by atoms with E-state index in [1.54, 1.807) is 0 Å². The molecule has 0 bridgehead atoms. The minimum absolute atomic E-state index is 0.0412. The van der Waals surface area contributed by atoms with Crippen molar-refractivity contribution in [3.05, 3.63) is 11.6 Å². The summed E-state index contributed by atoms with van der Waals surface area (Å²) >= 11 is 0. The Morgan fingerprint density at radius 3 is 2.76 bits per heavy atom. The van der Waals surface area contributed by atoms with Crippen molar-refractivity contribution in [3.63, 3.8) is 0 Å². The number of aliphatic hydroxyl groups is 3. The molecule has 1 aliphatic heterocycles. The molecular formula is C15H23NO5. The van der Waals surface area contributed by atoms with Crippen molar-refractivity contribution in [2.75, 3.05) is 6.61 Å². The highest BCUT2D eigenvalue weighted by molar-refractivity contribution is 5.94. The van der Waals surface area contributed by atoms with Gasteiger partial charge in [-0.2, -0.15) is 0 Å². The summed E-state index contributed by atoms with van der Waals surface area (Å²) in [4.78, 5) is 12.4. The van der Waals surface area contributed by atoms with Crippen molar-refractivity contribution in [2.45, 2.75) is 57.1 Å². The van der Waals surface area contributed by atoms with Crippen molar-refractivity contribution in [2.24, 2.45) is 11.3 Å². The maximum atomic E-state index is 12.4. The average molecular weight is 297 g/mol. The molecule has 0 spiro atoms. The Morgan fingerprint density at radius 1 is 1.38 bits per heavy atom. The molecule has 6 heteroatoms. The normalized spacial score (nSPS) is 44.5. The molecule has 0 radical (unpaired) electrons. The lowest BCUT2D eigenvalue weighted by Gasteiger charge is -2.54. The number of aliphatic hydroxyl groups excluding tert-OH is 3. The molecule has 0 aromatic heterocycles. The van der Waals surface area contributed by atoms with Gasteiger partial charge in [0.2, 0.25) is 5.91 Å². The average Bonchev–Trinajstić information content (AvgIpc) is 2.88. The smallest absolute Gasteiger partial charge is 0.247 e. The fraction of sp³-hybridized carbons (Fsp3) is 0.800. The largest absolute Gasteiger partial charge is 0.390 e. The van der Waals surface area contributed by atoms with E-state index in [-0.39, 0.29) is 29.9 Å². The monoisotopic (exact) mass is 297 g/mol. The Hall–Kier alpha value is -0.950. The summed E-state index contributed by atoms with van der Waals surface area (Å²) in [7, 11) is 0. The lowest BCUT2D eigenvalue weighted by molar-refractivity contribution is -0.136.